The molecule has 0 fully saturated rings. The fourth-order valence-electron chi connectivity index (χ4n) is 2.37. The minimum atomic E-state index is 0.656. The topological polar surface area (TPSA) is 26.3 Å². The van der Waals surface area contributed by atoms with Crippen molar-refractivity contribution in [3.63, 3.8) is 0 Å². The molecule has 0 aliphatic carbocycles. The van der Waals surface area contributed by atoms with E-state index >= 15 is 0 Å². The highest BCUT2D eigenvalue weighted by Crippen LogP contribution is 2.19. The molecule has 0 unspecified atom stereocenters. The van der Waals surface area contributed by atoms with Crippen LogP contribution in [0.1, 0.15) is 54.1 Å². The summed E-state index contributed by atoms with van der Waals surface area (Å²) in [5.41, 5.74) is 2.67. The fourth-order valence-corrected chi connectivity index (χ4v) is 2.37. The number of rotatable bonds is 9. The third kappa shape index (κ3) is 5.74. The first kappa shape index (κ1) is 17.0. The second-order valence-electron chi connectivity index (χ2n) is 5.56. The molecule has 0 atom stereocenters. The predicted molar refractivity (Wildman–Crippen MR) is 96.8 cm³/mol. The molecule has 0 saturated carbocycles. The maximum atomic E-state index is 11.3. The van der Waals surface area contributed by atoms with Crippen molar-refractivity contribution >= 4 is 18.4 Å². The standard InChI is InChI=1S/C21H24O2/c1-2-3-4-8-15-23-21-14-13-19(20(16-21)17-22)12-11-18-9-6-5-7-10-18/h5-7,9-14,16-17H,2-4,8,15H2,1H3/b12-11+. The monoisotopic (exact) mass is 308 g/mol. The molecule has 0 heterocycles. The van der Waals surface area contributed by atoms with Crippen molar-refractivity contribution in [3.05, 3.63) is 65.2 Å². The Morgan fingerprint density at radius 2 is 1.74 bits per heavy atom. The molecule has 0 aromatic heterocycles. The van der Waals surface area contributed by atoms with E-state index < -0.39 is 0 Å². The van der Waals surface area contributed by atoms with E-state index in [1.165, 1.54) is 19.3 Å². The normalized spacial score (nSPS) is 10.8. The molecule has 0 aliphatic rings. The van der Waals surface area contributed by atoms with Gasteiger partial charge in [-0.1, -0.05) is 74.7 Å². The summed E-state index contributed by atoms with van der Waals surface area (Å²) in [6.07, 6.45) is 9.56. The molecule has 0 radical (unpaired) electrons. The molecule has 2 aromatic carbocycles. The van der Waals surface area contributed by atoms with Crippen molar-refractivity contribution in [1.29, 1.82) is 0 Å². The Hall–Kier alpha value is -2.35. The first-order chi connectivity index (χ1) is 11.3. The van der Waals surface area contributed by atoms with Gasteiger partial charge in [0.2, 0.25) is 0 Å². The van der Waals surface area contributed by atoms with Gasteiger partial charge in [-0.15, -0.1) is 0 Å². The second kappa shape index (κ2) is 9.62. The molecule has 0 bridgehead atoms. The highest BCUT2D eigenvalue weighted by atomic mass is 16.5. The third-order valence-electron chi connectivity index (χ3n) is 3.71. The van der Waals surface area contributed by atoms with Crippen molar-refractivity contribution < 1.29 is 9.53 Å². The van der Waals surface area contributed by atoms with E-state index in [4.69, 9.17) is 4.74 Å². The van der Waals surface area contributed by atoms with Crippen molar-refractivity contribution in [2.24, 2.45) is 0 Å². The lowest BCUT2D eigenvalue weighted by Gasteiger charge is -2.08. The SMILES string of the molecule is CCCCCCOc1ccc(/C=C/c2ccccc2)c(C=O)c1. The van der Waals surface area contributed by atoms with Gasteiger partial charge in [0.05, 0.1) is 6.61 Å². The maximum absolute atomic E-state index is 11.3. The van der Waals surface area contributed by atoms with E-state index in [-0.39, 0.29) is 0 Å². The maximum Gasteiger partial charge on any atom is 0.150 e. The first-order valence-electron chi connectivity index (χ1n) is 8.28. The van der Waals surface area contributed by atoms with Crippen molar-refractivity contribution in [1.82, 2.24) is 0 Å². The van der Waals surface area contributed by atoms with Crippen LogP contribution in [0, 0.1) is 0 Å². The van der Waals surface area contributed by atoms with Gasteiger partial charge in [-0.05, 0) is 29.7 Å². The van der Waals surface area contributed by atoms with Gasteiger partial charge in [-0.3, -0.25) is 4.79 Å². The number of carbonyl (C=O) groups is 1. The second-order valence-corrected chi connectivity index (χ2v) is 5.56. The Morgan fingerprint density at radius 1 is 0.913 bits per heavy atom. The van der Waals surface area contributed by atoms with E-state index in [0.29, 0.717) is 12.2 Å². The quantitative estimate of drug-likeness (QED) is 0.341. The van der Waals surface area contributed by atoms with Crippen LogP contribution in [0.3, 0.4) is 0 Å². The van der Waals surface area contributed by atoms with Gasteiger partial charge in [0.1, 0.15) is 5.75 Å². The van der Waals surface area contributed by atoms with Gasteiger partial charge < -0.3 is 4.74 Å². The number of hydrogen-bond donors (Lipinski definition) is 0. The lowest BCUT2D eigenvalue weighted by molar-refractivity contribution is 0.112. The van der Waals surface area contributed by atoms with Crippen LogP contribution in [0.25, 0.3) is 12.2 Å². The molecular formula is C21H24O2. The fraction of sp³-hybridized carbons (Fsp3) is 0.286. The molecular weight excluding hydrogens is 284 g/mol. The van der Waals surface area contributed by atoms with Crippen molar-refractivity contribution in [2.45, 2.75) is 32.6 Å². The van der Waals surface area contributed by atoms with Crippen molar-refractivity contribution in [2.75, 3.05) is 6.61 Å². The summed E-state index contributed by atoms with van der Waals surface area (Å²) >= 11 is 0. The van der Waals surface area contributed by atoms with Crippen LogP contribution in [0.15, 0.2) is 48.5 Å². The zero-order valence-electron chi connectivity index (χ0n) is 13.7. The lowest BCUT2D eigenvalue weighted by Crippen LogP contribution is -1.98. The van der Waals surface area contributed by atoms with E-state index in [2.05, 4.69) is 6.92 Å². The van der Waals surface area contributed by atoms with E-state index in [0.717, 1.165) is 29.6 Å². The zero-order valence-corrected chi connectivity index (χ0v) is 13.7. The van der Waals surface area contributed by atoms with Gasteiger partial charge in [0.25, 0.3) is 0 Å². The summed E-state index contributed by atoms with van der Waals surface area (Å²) in [7, 11) is 0. The molecule has 2 aromatic rings. The van der Waals surface area contributed by atoms with Gasteiger partial charge >= 0.3 is 0 Å². The molecule has 0 saturated heterocycles. The molecule has 2 rings (SSSR count). The van der Waals surface area contributed by atoms with E-state index in [1.54, 1.807) is 0 Å². The Bertz CT molecular complexity index is 630. The number of unbranched alkanes of at least 4 members (excludes halogenated alkanes) is 3. The molecule has 2 heteroatoms. The zero-order chi connectivity index (χ0) is 16.3. The smallest absolute Gasteiger partial charge is 0.150 e. The van der Waals surface area contributed by atoms with Crippen LogP contribution in [0.2, 0.25) is 0 Å². The number of carbonyl (C=O) groups excluding carboxylic acids is 1. The molecule has 2 nitrogen and oxygen atoms in total. The van der Waals surface area contributed by atoms with Gasteiger partial charge in [0.15, 0.2) is 6.29 Å². The average molecular weight is 308 g/mol. The van der Waals surface area contributed by atoms with Crippen LogP contribution in [-0.2, 0) is 0 Å². The van der Waals surface area contributed by atoms with Crippen LogP contribution in [0.4, 0.5) is 0 Å². The number of aldehydes is 1. The van der Waals surface area contributed by atoms with Gasteiger partial charge in [-0.2, -0.15) is 0 Å². The van der Waals surface area contributed by atoms with Gasteiger partial charge in [0, 0.05) is 5.56 Å². The Balaban J connectivity index is 1.99. The Morgan fingerprint density at radius 3 is 2.48 bits per heavy atom. The summed E-state index contributed by atoms with van der Waals surface area (Å²) in [6.45, 7) is 2.90. The third-order valence-corrected chi connectivity index (χ3v) is 3.71. The molecule has 0 aliphatic heterocycles. The highest BCUT2D eigenvalue weighted by Gasteiger charge is 2.02. The van der Waals surface area contributed by atoms with Crippen LogP contribution < -0.4 is 4.74 Å². The number of hydrogen-bond acceptors (Lipinski definition) is 2. The minimum absolute atomic E-state index is 0.656. The van der Waals surface area contributed by atoms with Gasteiger partial charge in [-0.25, -0.2) is 0 Å². The number of ether oxygens (including phenoxy) is 1. The Kier molecular flexibility index (Phi) is 7.12. The van der Waals surface area contributed by atoms with Crippen LogP contribution in [-0.4, -0.2) is 12.9 Å². The number of benzene rings is 2. The first-order valence-corrected chi connectivity index (χ1v) is 8.28. The molecule has 120 valence electrons. The average Bonchev–Trinajstić information content (AvgIpc) is 2.61. The summed E-state index contributed by atoms with van der Waals surface area (Å²) in [4.78, 5) is 11.3. The highest BCUT2D eigenvalue weighted by molar-refractivity contribution is 5.85. The molecule has 0 spiro atoms. The summed E-state index contributed by atoms with van der Waals surface area (Å²) in [5.74, 6) is 0.764. The largest absolute Gasteiger partial charge is 0.494 e. The van der Waals surface area contributed by atoms with Crippen LogP contribution >= 0.6 is 0 Å². The summed E-state index contributed by atoms with van der Waals surface area (Å²) in [6, 6.07) is 15.7. The predicted octanol–water partition coefficient (Wildman–Crippen LogP) is 5.63. The van der Waals surface area contributed by atoms with E-state index in [1.807, 2.05) is 60.7 Å². The summed E-state index contributed by atoms with van der Waals surface area (Å²) in [5, 5.41) is 0. The molecule has 0 amide bonds. The Labute approximate surface area is 138 Å². The van der Waals surface area contributed by atoms with Crippen molar-refractivity contribution in [3.8, 4) is 5.75 Å². The van der Waals surface area contributed by atoms with E-state index in [9.17, 15) is 4.79 Å². The molecule has 0 N–H and O–H groups in total. The lowest BCUT2D eigenvalue weighted by atomic mass is 10.1. The summed E-state index contributed by atoms with van der Waals surface area (Å²) < 4.78 is 5.73. The van der Waals surface area contributed by atoms with Crippen LogP contribution in [0.5, 0.6) is 5.75 Å². The molecule has 23 heavy (non-hydrogen) atoms. The minimum Gasteiger partial charge on any atom is -0.494 e.